The molecule has 1 radical (unpaired) electrons. The molecule has 0 atom stereocenters. The molecule has 0 aliphatic carbocycles. The van der Waals surface area contributed by atoms with Gasteiger partial charge in [-0.15, -0.1) is 0 Å². The molecule has 0 unspecified atom stereocenters. The van der Waals surface area contributed by atoms with Crippen molar-refractivity contribution in [1.29, 1.82) is 0 Å². The maximum absolute atomic E-state index is 10.5. The second kappa shape index (κ2) is 16.7. The molecule has 16 heavy (non-hydrogen) atoms. The SMILES string of the molecule is O=S(=O)(Cl)[c-]1cccc1.[C-]#[O+].[C-]#[O+].[C-]#[O+].[Mn]. The van der Waals surface area contributed by atoms with Gasteiger partial charge in [0, 0.05) is 27.8 Å². The summed E-state index contributed by atoms with van der Waals surface area (Å²) >= 11 is 0. The van der Waals surface area contributed by atoms with Gasteiger partial charge in [-0.2, -0.15) is 12.1 Å². The van der Waals surface area contributed by atoms with Crippen molar-refractivity contribution < 1.29 is 39.4 Å². The third-order valence-electron chi connectivity index (χ3n) is 0.914. The minimum Gasteiger partial charge on any atom is 0 e. The number of hydrogen-bond donors (Lipinski definition) is 0. The van der Waals surface area contributed by atoms with E-state index in [4.69, 9.17) is 24.6 Å². The summed E-state index contributed by atoms with van der Waals surface area (Å²) in [7, 11) is 1.48. The molecule has 0 aliphatic rings. The van der Waals surface area contributed by atoms with Crippen molar-refractivity contribution in [2.75, 3.05) is 0 Å². The molecule has 0 saturated carbocycles. The monoisotopic (exact) mass is 302 g/mol. The Hall–Kier alpha value is -0.671. The summed E-state index contributed by atoms with van der Waals surface area (Å²) in [6.45, 7) is 13.5. The van der Waals surface area contributed by atoms with Crippen LogP contribution in [0.15, 0.2) is 29.2 Å². The van der Waals surface area contributed by atoms with Gasteiger partial charge in [-0.3, -0.25) is 0 Å². The van der Waals surface area contributed by atoms with E-state index in [0.717, 1.165) is 0 Å². The topological polar surface area (TPSA) is 93.8 Å². The van der Waals surface area contributed by atoms with E-state index in [-0.39, 0.29) is 22.0 Å². The van der Waals surface area contributed by atoms with Crippen LogP contribution in [0.3, 0.4) is 0 Å². The normalized spacial score (nSPS) is 6.94. The van der Waals surface area contributed by atoms with Crippen LogP contribution < -0.4 is 0 Å². The maximum atomic E-state index is 10.5. The van der Waals surface area contributed by atoms with Gasteiger partial charge in [0.05, 0.1) is 0 Å². The zero-order valence-electron chi connectivity index (χ0n) is 7.51. The Balaban J connectivity index is -0.0000000900. The summed E-state index contributed by atoms with van der Waals surface area (Å²) in [6.07, 6.45) is 0. The quantitative estimate of drug-likeness (QED) is 0.337. The van der Waals surface area contributed by atoms with Crippen molar-refractivity contribution in [1.82, 2.24) is 0 Å². The molecule has 0 fully saturated rings. The largest absolute Gasteiger partial charge is 0 e. The smallest absolute Gasteiger partial charge is 0 e. The fourth-order valence-corrected chi connectivity index (χ4v) is 1.31. The van der Waals surface area contributed by atoms with E-state index in [1.807, 2.05) is 0 Å². The molecule has 0 saturated heterocycles. The Morgan fingerprint density at radius 1 is 0.938 bits per heavy atom. The second-order valence-corrected chi connectivity index (χ2v) is 4.12. The summed E-state index contributed by atoms with van der Waals surface area (Å²) in [5, 5.41) is 0. The molecular formula is C8H4ClMnO5S-. The van der Waals surface area contributed by atoms with Crippen LogP contribution in [-0.4, -0.2) is 8.42 Å². The van der Waals surface area contributed by atoms with Crippen LogP contribution >= 0.6 is 10.7 Å². The second-order valence-electron chi connectivity index (χ2n) is 1.56. The molecule has 87 valence electrons. The van der Waals surface area contributed by atoms with Crippen LogP contribution in [0.25, 0.3) is 0 Å². The number of halogens is 1. The Morgan fingerprint density at radius 2 is 1.19 bits per heavy atom. The zero-order valence-corrected chi connectivity index (χ0v) is 10.3. The minimum atomic E-state index is -3.49. The molecular weight excluding hydrogens is 299 g/mol. The standard InChI is InChI=1S/C5H4ClO2S.3CO.Mn/c6-9(7,8)5-3-1-2-4-5;3*1-2;/h1-4H;;;;/q-1;;;;. The molecule has 0 N–H and O–H groups in total. The summed E-state index contributed by atoms with van der Waals surface area (Å²) in [4.78, 5) is 0.157. The first-order valence-corrected chi connectivity index (χ1v) is 5.19. The van der Waals surface area contributed by atoms with Crippen LogP contribution in [0.1, 0.15) is 0 Å². The third-order valence-corrected chi connectivity index (χ3v) is 2.28. The molecule has 0 spiro atoms. The molecule has 1 aromatic rings. The third kappa shape index (κ3) is 13.3. The Kier molecular flexibility index (Phi) is 25.7. The predicted octanol–water partition coefficient (Wildman–Crippen LogP) is 1.22. The van der Waals surface area contributed by atoms with Gasteiger partial charge in [-0.1, -0.05) is 0 Å². The average Bonchev–Trinajstić information content (AvgIpc) is 2.79. The van der Waals surface area contributed by atoms with E-state index in [9.17, 15) is 8.42 Å². The molecule has 0 heterocycles. The first-order chi connectivity index (χ1) is 7.11. The van der Waals surface area contributed by atoms with Gasteiger partial charge in [-0.05, 0) is 4.90 Å². The fraction of sp³-hybridized carbons (Fsp3) is 0. The van der Waals surface area contributed by atoms with Gasteiger partial charge < -0.3 is 0 Å². The van der Waals surface area contributed by atoms with E-state index in [1.54, 1.807) is 12.1 Å². The number of rotatable bonds is 1. The van der Waals surface area contributed by atoms with Crippen LogP contribution in [0, 0.1) is 20.0 Å². The molecule has 0 amide bonds. The summed E-state index contributed by atoms with van der Waals surface area (Å²) in [5.41, 5.74) is 0. The summed E-state index contributed by atoms with van der Waals surface area (Å²) in [5.74, 6) is 0. The van der Waals surface area contributed by atoms with Crippen molar-refractivity contribution in [2.45, 2.75) is 4.90 Å². The molecule has 8 heteroatoms. The molecule has 5 nitrogen and oxygen atoms in total. The van der Waals surface area contributed by atoms with Gasteiger partial charge in [0.15, 0.2) is 0 Å². The fourth-order valence-electron chi connectivity index (χ4n) is 0.519. The van der Waals surface area contributed by atoms with Crippen LogP contribution in [0.2, 0.25) is 0 Å². The van der Waals surface area contributed by atoms with E-state index in [2.05, 4.69) is 20.0 Å². The van der Waals surface area contributed by atoms with Gasteiger partial charge in [0.1, 0.15) is 0 Å². The van der Waals surface area contributed by atoms with Crippen molar-refractivity contribution in [3.8, 4) is 0 Å². The maximum Gasteiger partial charge on any atom is 0 e. The van der Waals surface area contributed by atoms with Gasteiger partial charge >= 0.3 is 33.9 Å². The minimum absolute atomic E-state index is 0. The van der Waals surface area contributed by atoms with Crippen molar-refractivity contribution in [3.63, 3.8) is 0 Å². The van der Waals surface area contributed by atoms with E-state index in [1.165, 1.54) is 12.1 Å². The molecule has 1 aromatic carbocycles. The van der Waals surface area contributed by atoms with Crippen molar-refractivity contribution in [2.24, 2.45) is 0 Å². The Labute approximate surface area is 108 Å². The van der Waals surface area contributed by atoms with Crippen LogP contribution in [0.4, 0.5) is 0 Å². The Bertz CT molecular complexity index is 376. The van der Waals surface area contributed by atoms with Gasteiger partial charge in [0.2, 0.25) is 9.05 Å². The molecule has 0 aromatic heterocycles. The average molecular weight is 303 g/mol. The predicted molar refractivity (Wildman–Crippen MR) is 46.9 cm³/mol. The molecule has 1 rings (SSSR count). The van der Waals surface area contributed by atoms with E-state index >= 15 is 0 Å². The Morgan fingerprint density at radius 3 is 1.31 bits per heavy atom. The summed E-state index contributed by atoms with van der Waals surface area (Å²) < 4.78 is 43.4. The van der Waals surface area contributed by atoms with E-state index < -0.39 is 9.05 Å². The van der Waals surface area contributed by atoms with Crippen molar-refractivity contribution >= 4 is 19.7 Å². The van der Waals surface area contributed by atoms with Gasteiger partial charge in [-0.25, -0.2) is 20.6 Å². The van der Waals surface area contributed by atoms with Crippen molar-refractivity contribution in [3.05, 3.63) is 44.2 Å². The van der Waals surface area contributed by atoms with E-state index in [0.29, 0.717) is 0 Å². The number of hydrogen-bond acceptors (Lipinski definition) is 2. The first-order valence-electron chi connectivity index (χ1n) is 2.88. The first kappa shape index (κ1) is 24.5. The van der Waals surface area contributed by atoms with Crippen LogP contribution in [-0.2, 0) is 40.1 Å². The molecule has 0 aliphatic heterocycles. The van der Waals surface area contributed by atoms with Crippen LogP contribution in [0.5, 0.6) is 0 Å². The molecule has 0 bridgehead atoms. The zero-order chi connectivity index (χ0) is 12.9. The summed E-state index contributed by atoms with van der Waals surface area (Å²) in [6, 6.07) is 6.13. The van der Waals surface area contributed by atoms with Gasteiger partial charge in [0.25, 0.3) is 0 Å².